The minimum absolute atomic E-state index is 1.01. The van der Waals surface area contributed by atoms with Crippen molar-refractivity contribution >= 4 is 29.1 Å². The maximum Gasteiger partial charge on any atom is 0.294 e. The largest absolute Gasteiger partial charge is 0.294 e. The van der Waals surface area contributed by atoms with Gasteiger partial charge >= 0.3 is 0 Å². The summed E-state index contributed by atoms with van der Waals surface area (Å²) in [7, 11) is 2.11. The van der Waals surface area contributed by atoms with Crippen molar-refractivity contribution in [3.05, 3.63) is 54.1 Å². The molecule has 0 atom stereocenters. The fraction of sp³-hybridized carbons (Fsp3) is 0.111. The number of aryl methyl sites for hydroxylation is 2. The van der Waals surface area contributed by atoms with Crippen LogP contribution in [0.2, 0.25) is 0 Å². The van der Waals surface area contributed by atoms with Gasteiger partial charge in [-0.15, -0.1) is 0 Å². The Morgan fingerprint density at radius 2 is 1.90 bits per heavy atom. The van der Waals surface area contributed by atoms with Crippen molar-refractivity contribution in [2.75, 3.05) is 0 Å². The second-order valence-corrected chi connectivity index (χ2v) is 5.33. The molecule has 3 heteroatoms. The SMILES string of the molecule is Cc1ccccc1-c1n(C)c2cccc3c2[n+]1C=CC=N3. The van der Waals surface area contributed by atoms with Crippen LogP contribution >= 0.6 is 0 Å². The Hall–Kier alpha value is -2.68. The first-order chi connectivity index (χ1) is 10.3. The highest BCUT2D eigenvalue weighted by atomic mass is 15.2. The van der Waals surface area contributed by atoms with Crippen LogP contribution in [0.25, 0.3) is 28.6 Å². The van der Waals surface area contributed by atoms with Crippen molar-refractivity contribution in [3.63, 3.8) is 0 Å². The predicted molar refractivity (Wildman–Crippen MR) is 86.8 cm³/mol. The number of hydrogen-bond donors (Lipinski definition) is 0. The van der Waals surface area contributed by atoms with E-state index in [1.54, 1.807) is 0 Å². The van der Waals surface area contributed by atoms with Crippen LogP contribution < -0.4 is 4.57 Å². The van der Waals surface area contributed by atoms with Gasteiger partial charge in [0.25, 0.3) is 5.82 Å². The van der Waals surface area contributed by atoms with Gasteiger partial charge in [-0.2, -0.15) is 4.57 Å². The lowest BCUT2D eigenvalue weighted by atomic mass is 10.1. The van der Waals surface area contributed by atoms with E-state index in [2.05, 4.69) is 76.8 Å². The molecule has 0 saturated carbocycles. The van der Waals surface area contributed by atoms with Crippen molar-refractivity contribution < 1.29 is 4.57 Å². The third kappa shape index (κ3) is 1.67. The molecule has 1 aromatic heterocycles. The second-order valence-electron chi connectivity index (χ2n) is 5.33. The smallest absolute Gasteiger partial charge is 0.252 e. The highest BCUT2D eigenvalue weighted by molar-refractivity contribution is 5.91. The molecule has 2 aromatic carbocycles. The molecule has 1 aliphatic rings. The molecule has 0 amide bonds. The lowest BCUT2D eigenvalue weighted by Gasteiger charge is -2.02. The summed E-state index contributed by atoms with van der Waals surface area (Å²) >= 11 is 0. The zero-order valence-corrected chi connectivity index (χ0v) is 12.1. The molecule has 0 aliphatic carbocycles. The first-order valence-corrected chi connectivity index (χ1v) is 7.07. The molecule has 0 radical (unpaired) electrons. The van der Waals surface area contributed by atoms with Crippen molar-refractivity contribution in [1.82, 2.24) is 4.57 Å². The number of para-hydroxylation sites is 1. The fourth-order valence-electron chi connectivity index (χ4n) is 3.05. The standard InChI is InChI=1S/C18H16N3/c1-13-7-3-4-8-14(13)18-20(2)16-10-5-9-15-17(16)21(18)12-6-11-19-15/h3-12H,1-2H3/q+1. The molecule has 2 heterocycles. The molecular weight excluding hydrogens is 258 g/mol. The molecule has 102 valence electrons. The van der Waals surface area contributed by atoms with E-state index in [0.29, 0.717) is 0 Å². The van der Waals surface area contributed by atoms with Crippen molar-refractivity contribution in [2.24, 2.45) is 12.0 Å². The number of allylic oxidation sites excluding steroid dienone is 1. The van der Waals surface area contributed by atoms with Gasteiger partial charge in [-0.3, -0.25) is 4.99 Å². The summed E-state index contributed by atoms with van der Waals surface area (Å²) in [5.74, 6) is 1.18. The summed E-state index contributed by atoms with van der Waals surface area (Å²) in [5.41, 5.74) is 5.87. The van der Waals surface area contributed by atoms with Crippen LogP contribution in [0, 0.1) is 6.92 Å². The maximum absolute atomic E-state index is 4.53. The third-order valence-corrected chi connectivity index (χ3v) is 4.06. The van der Waals surface area contributed by atoms with E-state index in [0.717, 1.165) is 11.2 Å². The number of aromatic nitrogens is 2. The van der Waals surface area contributed by atoms with Gasteiger partial charge in [0.1, 0.15) is 5.69 Å². The maximum atomic E-state index is 4.53. The third-order valence-electron chi connectivity index (χ3n) is 4.06. The summed E-state index contributed by atoms with van der Waals surface area (Å²) in [4.78, 5) is 4.53. The number of imidazole rings is 1. The molecule has 21 heavy (non-hydrogen) atoms. The molecule has 0 N–H and O–H groups in total. The van der Waals surface area contributed by atoms with E-state index in [1.165, 1.54) is 22.5 Å². The molecule has 0 spiro atoms. The average Bonchev–Trinajstić information content (AvgIpc) is 2.66. The minimum atomic E-state index is 1.01. The normalized spacial score (nSPS) is 12.9. The van der Waals surface area contributed by atoms with Gasteiger partial charge in [-0.05, 0) is 36.8 Å². The Kier molecular flexibility index (Phi) is 2.54. The first-order valence-electron chi connectivity index (χ1n) is 7.07. The van der Waals surface area contributed by atoms with E-state index in [4.69, 9.17) is 0 Å². The Balaban J connectivity index is 2.18. The average molecular weight is 274 g/mol. The van der Waals surface area contributed by atoms with Crippen LogP contribution in [0.3, 0.4) is 0 Å². The molecule has 0 saturated heterocycles. The first kappa shape index (κ1) is 12.1. The second kappa shape index (κ2) is 4.42. The Morgan fingerprint density at radius 3 is 2.76 bits per heavy atom. The van der Waals surface area contributed by atoms with Crippen LogP contribution in [-0.4, -0.2) is 10.8 Å². The Bertz CT molecular complexity index is 914. The zero-order valence-electron chi connectivity index (χ0n) is 12.1. The number of rotatable bonds is 1. The van der Waals surface area contributed by atoms with Gasteiger partial charge in [-0.1, -0.05) is 24.3 Å². The van der Waals surface area contributed by atoms with E-state index in [-0.39, 0.29) is 0 Å². The molecule has 4 rings (SSSR count). The number of benzene rings is 2. The summed E-state index contributed by atoms with van der Waals surface area (Å²) in [6.45, 7) is 2.15. The highest BCUT2D eigenvalue weighted by Crippen LogP contribution is 2.30. The predicted octanol–water partition coefficient (Wildman–Crippen LogP) is 3.63. The van der Waals surface area contributed by atoms with Gasteiger partial charge in [0.05, 0.1) is 18.8 Å². The quantitative estimate of drug-likeness (QED) is 0.604. The van der Waals surface area contributed by atoms with Crippen LogP contribution in [0.1, 0.15) is 5.56 Å². The summed E-state index contributed by atoms with van der Waals surface area (Å²) in [6, 6.07) is 14.8. The lowest BCUT2D eigenvalue weighted by molar-refractivity contribution is -0.526. The fourth-order valence-corrected chi connectivity index (χ4v) is 3.05. The van der Waals surface area contributed by atoms with Gasteiger partial charge in [-0.25, -0.2) is 4.57 Å². The van der Waals surface area contributed by atoms with Crippen LogP contribution in [-0.2, 0) is 7.05 Å². The van der Waals surface area contributed by atoms with E-state index >= 15 is 0 Å². The molecule has 3 aromatic rings. The van der Waals surface area contributed by atoms with E-state index in [9.17, 15) is 0 Å². The van der Waals surface area contributed by atoms with Crippen LogP contribution in [0.5, 0.6) is 0 Å². The highest BCUT2D eigenvalue weighted by Gasteiger charge is 2.26. The van der Waals surface area contributed by atoms with Crippen molar-refractivity contribution in [3.8, 4) is 11.4 Å². The minimum Gasteiger partial charge on any atom is -0.252 e. The molecule has 0 fully saturated rings. The van der Waals surface area contributed by atoms with Crippen LogP contribution in [0.15, 0.2) is 53.5 Å². The molecule has 0 unspecified atom stereocenters. The van der Waals surface area contributed by atoms with Crippen LogP contribution in [0.4, 0.5) is 5.69 Å². The summed E-state index contributed by atoms with van der Waals surface area (Å²) < 4.78 is 4.48. The summed E-state index contributed by atoms with van der Waals surface area (Å²) in [5, 5.41) is 0. The number of nitrogens with zero attached hydrogens (tertiary/aromatic N) is 3. The van der Waals surface area contributed by atoms with Gasteiger partial charge in [0.15, 0.2) is 5.52 Å². The summed E-state index contributed by atoms with van der Waals surface area (Å²) in [6.07, 6.45) is 5.93. The number of aliphatic imine (C=N–C) groups is 1. The Labute approximate surface area is 123 Å². The van der Waals surface area contributed by atoms with Gasteiger partial charge in [0, 0.05) is 6.21 Å². The monoisotopic (exact) mass is 274 g/mol. The molecule has 0 bridgehead atoms. The molecule has 3 nitrogen and oxygen atoms in total. The zero-order chi connectivity index (χ0) is 14.4. The van der Waals surface area contributed by atoms with E-state index < -0.39 is 0 Å². The van der Waals surface area contributed by atoms with E-state index in [1.807, 2.05) is 12.3 Å². The molecule has 1 aliphatic heterocycles. The van der Waals surface area contributed by atoms with Gasteiger partial charge in [0.2, 0.25) is 5.52 Å². The van der Waals surface area contributed by atoms with Gasteiger partial charge < -0.3 is 0 Å². The van der Waals surface area contributed by atoms with Crippen molar-refractivity contribution in [1.29, 1.82) is 0 Å². The molecular formula is C18H16N3+. The van der Waals surface area contributed by atoms with Crippen molar-refractivity contribution in [2.45, 2.75) is 6.92 Å². The Morgan fingerprint density at radius 1 is 1.05 bits per heavy atom. The number of hydrogen-bond acceptors (Lipinski definition) is 1. The lowest BCUT2D eigenvalue weighted by Crippen LogP contribution is -2.28. The topological polar surface area (TPSA) is 21.2 Å².